The van der Waals surface area contributed by atoms with E-state index in [1.807, 2.05) is 0 Å². The summed E-state index contributed by atoms with van der Waals surface area (Å²) in [4.78, 5) is 48.4. The molecular weight excluding hydrogens is 370 g/mol. The molecule has 0 bridgehead atoms. The number of carbonyl (C=O) groups is 3. The van der Waals surface area contributed by atoms with E-state index in [0.29, 0.717) is 11.3 Å². The van der Waals surface area contributed by atoms with Crippen LogP contribution >= 0.6 is 0 Å². The Bertz CT molecular complexity index is 1010. The molecule has 1 aromatic carbocycles. The Labute approximate surface area is 158 Å². The highest BCUT2D eigenvalue weighted by atomic mass is 16.6. The fraction of sp³-hybridized carbons (Fsp3) is 0.167. The first kappa shape index (κ1) is 18.8. The summed E-state index contributed by atoms with van der Waals surface area (Å²) in [5.74, 6) is -0.732. The van der Waals surface area contributed by atoms with Crippen LogP contribution in [0.1, 0.15) is 5.76 Å². The average molecular weight is 385 g/mol. The van der Waals surface area contributed by atoms with Crippen LogP contribution in [0.5, 0.6) is 5.75 Å². The quantitative estimate of drug-likeness (QED) is 0.342. The summed E-state index contributed by atoms with van der Waals surface area (Å²) in [5.41, 5.74) is -0.0462. The van der Waals surface area contributed by atoms with E-state index in [9.17, 15) is 24.5 Å². The number of amides is 4. The molecule has 1 aliphatic rings. The molecule has 0 spiro atoms. The maximum atomic E-state index is 12.2. The summed E-state index contributed by atoms with van der Waals surface area (Å²) in [6, 6.07) is 6.34. The minimum atomic E-state index is -0.751. The van der Waals surface area contributed by atoms with Crippen molar-refractivity contribution in [1.29, 1.82) is 0 Å². The number of furan rings is 1. The molecular formula is C18H15N3O7. The van der Waals surface area contributed by atoms with Crippen LogP contribution in [0.3, 0.4) is 0 Å². The summed E-state index contributed by atoms with van der Waals surface area (Å²) >= 11 is 0. The molecule has 144 valence electrons. The Balaban J connectivity index is 2.01. The predicted octanol–water partition coefficient (Wildman–Crippen LogP) is 2.30. The molecule has 1 fully saturated rings. The van der Waals surface area contributed by atoms with Gasteiger partial charge in [-0.05, 0) is 24.3 Å². The van der Waals surface area contributed by atoms with Crippen LogP contribution in [0.25, 0.3) is 17.4 Å². The molecule has 1 saturated heterocycles. The monoisotopic (exact) mass is 385 g/mol. The Morgan fingerprint density at radius 3 is 2.29 bits per heavy atom. The van der Waals surface area contributed by atoms with Gasteiger partial charge in [-0.1, -0.05) is 0 Å². The van der Waals surface area contributed by atoms with Crippen LogP contribution in [0.4, 0.5) is 10.5 Å². The highest BCUT2D eigenvalue weighted by Gasteiger charge is 2.38. The number of likely N-dealkylation sites (N-methyl/N-ethyl adjacent to an activating group) is 2. The lowest BCUT2D eigenvalue weighted by molar-refractivity contribution is -0.384. The van der Waals surface area contributed by atoms with Crippen LogP contribution in [-0.4, -0.2) is 53.8 Å². The smallest absolute Gasteiger partial charge is 0.333 e. The van der Waals surface area contributed by atoms with E-state index in [-0.39, 0.29) is 22.8 Å². The summed E-state index contributed by atoms with van der Waals surface area (Å²) < 4.78 is 10.8. The van der Waals surface area contributed by atoms with Gasteiger partial charge in [-0.25, -0.2) is 4.79 Å². The van der Waals surface area contributed by atoms with Crippen LogP contribution in [0, 0.1) is 10.1 Å². The van der Waals surface area contributed by atoms with Crippen molar-refractivity contribution >= 4 is 29.6 Å². The number of urea groups is 1. The van der Waals surface area contributed by atoms with E-state index in [1.54, 1.807) is 0 Å². The van der Waals surface area contributed by atoms with Gasteiger partial charge in [-0.3, -0.25) is 29.5 Å². The Morgan fingerprint density at radius 2 is 1.71 bits per heavy atom. The third kappa shape index (κ3) is 3.11. The average Bonchev–Trinajstić information content (AvgIpc) is 3.16. The van der Waals surface area contributed by atoms with E-state index in [4.69, 9.17) is 9.15 Å². The van der Waals surface area contributed by atoms with Crippen molar-refractivity contribution in [3.63, 3.8) is 0 Å². The van der Waals surface area contributed by atoms with Crippen molar-refractivity contribution in [1.82, 2.24) is 9.80 Å². The van der Waals surface area contributed by atoms with Gasteiger partial charge in [0.2, 0.25) is 0 Å². The van der Waals surface area contributed by atoms with E-state index in [0.717, 1.165) is 9.80 Å². The van der Waals surface area contributed by atoms with Gasteiger partial charge in [-0.2, -0.15) is 0 Å². The standard InChI is InChI=1S/C18H15N3O7/c1-19-16(22)13(17(23)20(2)18(19)24)9-11-5-7-15(28-11)12-8-10(21(25)26)4-6-14(12)27-3/h4-9H,1-3H3. The Kier molecular flexibility index (Phi) is 4.70. The van der Waals surface area contributed by atoms with Crippen LogP contribution in [0.15, 0.2) is 40.3 Å². The Morgan fingerprint density at radius 1 is 1.07 bits per heavy atom. The molecule has 0 aliphatic carbocycles. The van der Waals surface area contributed by atoms with Crippen molar-refractivity contribution in [2.75, 3.05) is 21.2 Å². The van der Waals surface area contributed by atoms with Crippen molar-refractivity contribution in [3.8, 4) is 17.1 Å². The number of barbiturate groups is 1. The molecule has 3 rings (SSSR count). The number of hydrogen-bond donors (Lipinski definition) is 0. The van der Waals surface area contributed by atoms with Crippen molar-refractivity contribution < 1.29 is 28.5 Å². The number of hydrogen-bond acceptors (Lipinski definition) is 7. The number of ether oxygens (including phenoxy) is 1. The van der Waals surface area contributed by atoms with Crippen LogP contribution in [0.2, 0.25) is 0 Å². The summed E-state index contributed by atoms with van der Waals surface area (Å²) in [6.45, 7) is 0. The van der Waals surface area contributed by atoms with Crippen molar-refractivity contribution in [3.05, 3.63) is 51.8 Å². The van der Waals surface area contributed by atoms with E-state index in [2.05, 4.69) is 0 Å². The molecule has 1 aliphatic heterocycles. The van der Waals surface area contributed by atoms with Crippen molar-refractivity contribution in [2.24, 2.45) is 0 Å². The van der Waals surface area contributed by atoms with Gasteiger partial charge in [0.25, 0.3) is 17.5 Å². The second-order valence-corrected chi connectivity index (χ2v) is 5.91. The Hall–Kier alpha value is -3.95. The van der Waals surface area contributed by atoms with Gasteiger partial charge in [0.1, 0.15) is 22.8 Å². The molecule has 10 nitrogen and oxygen atoms in total. The van der Waals surface area contributed by atoms with Crippen LogP contribution in [-0.2, 0) is 9.59 Å². The number of nitro groups is 1. The van der Waals surface area contributed by atoms with Crippen LogP contribution < -0.4 is 4.74 Å². The second kappa shape index (κ2) is 6.99. The largest absolute Gasteiger partial charge is 0.496 e. The fourth-order valence-corrected chi connectivity index (χ4v) is 2.69. The topological polar surface area (TPSA) is 123 Å². The number of methoxy groups -OCH3 is 1. The molecule has 2 aromatic rings. The van der Waals surface area contributed by atoms with Gasteiger partial charge in [0.05, 0.1) is 17.6 Å². The lowest BCUT2D eigenvalue weighted by Crippen LogP contribution is -2.52. The zero-order valence-corrected chi connectivity index (χ0v) is 15.2. The number of benzene rings is 1. The third-order valence-corrected chi connectivity index (χ3v) is 4.22. The molecule has 4 amide bonds. The minimum Gasteiger partial charge on any atom is -0.496 e. The summed E-state index contributed by atoms with van der Waals surface area (Å²) in [7, 11) is 3.95. The molecule has 0 unspecified atom stereocenters. The normalized spacial score (nSPS) is 14.5. The molecule has 0 radical (unpaired) electrons. The van der Waals surface area contributed by atoms with Gasteiger partial charge in [-0.15, -0.1) is 0 Å². The summed E-state index contributed by atoms with van der Waals surface area (Å²) in [5, 5.41) is 11.0. The van der Waals surface area contributed by atoms with Gasteiger partial charge < -0.3 is 9.15 Å². The number of nitro benzene ring substituents is 1. The van der Waals surface area contributed by atoms with E-state index >= 15 is 0 Å². The van der Waals surface area contributed by atoms with E-state index < -0.39 is 22.8 Å². The number of imide groups is 2. The molecule has 0 N–H and O–H groups in total. The SMILES string of the molecule is COc1ccc([N+](=O)[O-])cc1-c1ccc(C=C2C(=O)N(C)C(=O)N(C)C2=O)o1. The van der Waals surface area contributed by atoms with E-state index in [1.165, 1.54) is 57.6 Å². The number of rotatable bonds is 4. The van der Waals surface area contributed by atoms with Gasteiger partial charge in [0.15, 0.2) is 0 Å². The van der Waals surface area contributed by atoms with Gasteiger partial charge in [0, 0.05) is 26.2 Å². The summed E-state index contributed by atoms with van der Waals surface area (Å²) in [6.07, 6.45) is 1.22. The zero-order chi connectivity index (χ0) is 20.6. The number of non-ortho nitro benzene ring substituents is 1. The lowest BCUT2D eigenvalue weighted by Gasteiger charge is -2.28. The van der Waals surface area contributed by atoms with Crippen molar-refractivity contribution in [2.45, 2.75) is 0 Å². The molecule has 10 heteroatoms. The predicted molar refractivity (Wildman–Crippen MR) is 96.3 cm³/mol. The molecule has 0 atom stereocenters. The maximum Gasteiger partial charge on any atom is 0.333 e. The highest BCUT2D eigenvalue weighted by molar-refractivity contribution is 6.30. The molecule has 1 aromatic heterocycles. The molecule has 2 heterocycles. The van der Waals surface area contributed by atoms with Gasteiger partial charge >= 0.3 is 6.03 Å². The highest BCUT2D eigenvalue weighted by Crippen LogP contribution is 2.35. The zero-order valence-electron chi connectivity index (χ0n) is 15.2. The minimum absolute atomic E-state index is 0.147. The molecule has 0 saturated carbocycles. The fourth-order valence-electron chi connectivity index (χ4n) is 2.69. The second-order valence-electron chi connectivity index (χ2n) is 5.91. The lowest BCUT2D eigenvalue weighted by atomic mass is 10.1. The number of nitrogens with zero attached hydrogens (tertiary/aromatic N) is 3. The first-order valence-electron chi connectivity index (χ1n) is 7.99. The first-order valence-corrected chi connectivity index (χ1v) is 7.99. The first-order chi connectivity index (χ1) is 13.2. The number of carbonyl (C=O) groups excluding carboxylic acids is 3. The maximum absolute atomic E-state index is 12.2. The third-order valence-electron chi connectivity index (χ3n) is 4.22. The molecule has 28 heavy (non-hydrogen) atoms.